The molecular weight excluding hydrogens is 466 g/mol. The van der Waals surface area contributed by atoms with Gasteiger partial charge in [-0.15, -0.1) is 0 Å². The summed E-state index contributed by atoms with van der Waals surface area (Å²) in [5, 5.41) is 2.77. The highest BCUT2D eigenvalue weighted by Crippen LogP contribution is 2.30. The van der Waals surface area contributed by atoms with Crippen molar-refractivity contribution in [3.63, 3.8) is 0 Å². The molecule has 1 aliphatic rings. The average Bonchev–Trinajstić information content (AvgIpc) is 2.99. The van der Waals surface area contributed by atoms with E-state index >= 15 is 0 Å². The van der Waals surface area contributed by atoms with Crippen LogP contribution in [-0.4, -0.2) is 80.8 Å². The van der Waals surface area contributed by atoms with E-state index in [0.717, 1.165) is 32.4 Å². The maximum Gasteiger partial charge on any atom is 0.346 e. The zero-order valence-electron chi connectivity index (χ0n) is 18.1. The molecular formula is C18H23N3O11S. The molecule has 33 heavy (non-hydrogen) atoms. The molecule has 1 aromatic heterocycles. The lowest BCUT2D eigenvalue weighted by atomic mass is 10.1. The summed E-state index contributed by atoms with van der Waals surface area (Å²) < 4.78 is 49.0. The van der Waals surface area contributed by atoms with E-state index in [9.17, 15) is 27.6 Å². The largest absolute Gasteiger partial charge is 0.466 e. The van der Waals surface area contributed by atoms with E-state index < -0.39 is 64.9 Å². The number of carbonyl (C=O) groups excluding carboxylic acids is 3. The monoisotopic (exact) mass is 489 g/mol. The van der Waals surface area contributed by atoms with E-state index in [1.165, 1.54) is 13.2 Å². The second kappa shape index (κ2) is 11.0. The quantitative estimate of drug-likeness (QED) is 0.185. The van der Waals surface area contributed by atoms with E-state index in [2.05, 4.69) is 20.0 Å². The summed E-state index contributed by atoms with van der Waals surface area (Å²) in [5.41, 5.74) is -0.538. The van der Waals surface area contributed by atoms with Crippen molar-refractivity contribution < 1.29 is 45.9 Å². The third-order valence-corrected chi connectivity index (χ3v) is 4.65. The Morgan fingerprint density at radius 1 is 1.24 bits per heavy atom. The molecule has 0 aliphatic carbocycles. The maximum absolute atomic E-state index is 11.8. The van der Waals surface area contributed by atoms with Crippen molar-refractivity contribution in [2.24, 2.45) is 0 Å². The first-order valence-corrected chi connectivity index (χ1v) is 11.2. The van der Waals surface area contributed by atoms with E-state index in [4.69, 9.17) is 18.4 Å². The predicted molar refractivity (Wildman–Crippen MR) is 110 cm³/mol. The molecule has 0 aromatic carbocycles. The van der Waals surface area contributed by atoms with Crippen LogP contribution in [0.2, 0.25) is 0 Å². The smallest absolute Gasteiger partial charge is 0.346 e. The van der Waals surface area contributed by atoms with Crippen LogP contribution in [0.15, 0.2) is 17.1 Å². The van der Waals surface area contributed by atoms with Gasteiger partial charge in [0.15, 0.2) is 12.3 Å². The van der Waals surface area contributed by atoms with Crippen molar-refractivity contribution in [2.45, 2.75) is 38.4 Å². The van der Waals surface area contributed by atoms with Gasteiger partial charge in [0.1, 0.15) is 24.6 Å². The van der Waals surface area contributed by atoms with E-state index in [-0.39, 0.29) is 11.4 Å². The van der Waals surface area contributed by atoms with E-state index in [1.807, 2.05) is 0 Å². The van der Waals surface area contributed by atoms with Gasteiger partial charge in [-0.25, -0.2) is 14.6 Å². The number of methoxy groups -OCH3 is 1. The zero-order chi connectivity index (χ0) is 24.8. The Bertz CT molecular complexity index is 1080. The van der Waals surface area contributed by atoms with Crippen LogP contribution in [0.25, 0.3) is 6.08 Å². The molecule has 2 heterocycles. The van der Waals surface area contributed by atoms with Crippen molar-refractivity contribution in [1.82, 2.24) is 9.97 Å². The van der Waals surface area contributed by atoms with Crippen LogP contribution in [-0.2, 0) is 47.6 Å². The minimum absolute atomic E-state index is 0.00328. The highest BCUT2D eigenvalue weighted by Gasteiger charge is 2.50. The number of aromatic nitrogens is 2. The normalized spacial score (nSPS) is 22.7. The van der Waals surface area contributed by atoms with Crippen LogP contribution in [0.1, 0.15) is 19.4 Å². The zero-order valence-corrected chi connectivity index (χ0v) is 18.9. The topological polar surface area (TPSA) is 189 Å². The standard InChI is InChI=1S/C18H23N3O11S/c1-9(22)29-8-12-14(32-33(4,26)27)15(30-10(2)23)17(31-12)20-16-11(5-6-13(24)28-3)7-19-18(25)21-16/h5-7,12,14-15,17H,8H2,1-4H3,(H2,19,20,21,25)/t12-,14+,15-,17-/m1/s1. The van der Waals surface area contributed by atoms with Gasteiger partial charge in [0, 0.05) is 31.7 Å². The molecule has 1 saturated heterocycles. The van der Waals surface area contributed by atoms with Crippen molar-refractivity contribution in [2.75, 3.05) is 25.3 Å². The molecule has 1 aliphatic heterocycles. The molecule has 14 nitrogen and oxygen atoms in total. The molecule has 182 valence electrons. The molecule has 0 amide bonds. The number of nitrogens with zero attached hydrogens (tertiary/aromatic N) is 1. The molecule has 0 saturated carbocycles. The SMILES string of the molecule is COC(=O)C=Cc1cnc(=O)[nH]c1N[C@@H]1O[C@H](COC(C)=O)[C@H](OS(C)(=O)=O)[C@H]1OC(C)=O. The van der Waals surface area contributed by atoms with Gasteiger partial charge < -0.3 is 24.3 Å². The van der Waals surface area contributed by atoms with Gasteiger partial charge in [0.2, 0.25) is 0 Å². The Morgan fingerprint density at radius 2 is 1.94 bits per heavy atom. The van der Waals surface area contributed by atoms with Gasteiger partial charge in [-0.1, -0.05) is 0 Å². The van der Waals surface area contributed by atoms with Gasteiger partial charge in [0.25, 0.3) is 10.1 Å². The number of esters is 3. The third kappa shape index (κ3) is 7.96. The summed E-state index contributed by atoms with van der Waals surface area (Å²) in [7, 11) is -2.87. The third-order valence-electron chi connectivity index (χ3n) is 4.08. The Balaban J connectivity index is 2.42. The summed E-state index contributed by atoms with van der Waals surface area (Å²) in [5.74, 6) is -2.11. The number of H-pyrrole nitrogens is 1. The van der Waals surface area contributed by atoms with Gasteiger partial charge >= 0.3 is 23.6 Å². The summed E-state index contributed by atoms with van der Waals surface area (Å²) in [6.45, 7) is 1.82. The summed E-state index contributed by atoms with van der Waals surface area (Å²) in [6.07, 6.45) is -0.853. The number of hydrogen-bond donors (Lipinski definition) is 2. The predicted octanol–water partition coefficient (Wildman–Crippen LogP) is -1.07. The lowest BCUT2D eigenvalue weighted by Crippen LogP contribution is -2.43. The van der Waals surface area contributed by atoms with Crippen molar-refractivity contribution in [3.8, 4) is 0 Å². The molecule has 0 spiro atoms. The summed E-state index contributed by atoms with van der Waals surface area (Å²) in [4.78, 5) is 52.0. The number of nitrogens with one attached hydrogen (secondary N) is 2. The fourth-order valence-corrected chi connectivity index (χ4v) is 3.47. The minimum atomic E-state index is -4.05. The molecule has 1 fully saturated rings. The molecule has 2 N–H and O–H groups in total. The number of ether oxygens (including phenoxy) is 4. The Kier molecular flexibility index (Phi) is 8.67. The van der Waals surface area contributed by atoms with Gasteiger partial charge in [-0.3, -0.25) is 18.8 Å². The minimum Gasteiger partial charge on any atom is -0.466 e. The average molecular weight is 489 g/mol. The number of aromatic amines is 1. The van der Waals surface area contributed by atoms with Gasteiger partial charge in [-0.05, 0) is 6.08 Å². The van der Waals surface area contributed by atoms with Crippen LogP contribution in [0.3, 0.4) is 0 Å². The number of rotatable bonds is 9. The molecule has 0 bridgehead atoms. The summed E-state index contributed by atoms with van der Waals surface area (Å²) >= 11 is 0. The Labute approximate surface area is 188 Å². The van der Waals surface area contributed by atoms with Crippen LogP contribution < -0.4 is 11.0 Å². The fourth-order valence-electron chi connectivity index (χ4n) is 2.83. The molecule has 2 rings (SSSR count). The lowest BCUT2D eigenvalue weighted by Gasteiger charge is -2.24. The molecule has 0 radical (unpaired) electrons. The Morgan fingerprint density at radius 3 is 2.52 bits per heavy atom. The van der Waals surface area contributed by atoms with Crippen molar-refractivity contribution in [1.29, 1.82) is 0 Å². The number of anilines is 1. The molecule has 0 unspecified atom stereocenters. The highest BCUT2D eigenvalue weighted by atomic mass is 32.2. The second-order valence-electron chi connectivity index (χ2n) is 6.76. The van der Waals surface area contributed by atoms with Crippen LogP contribution in [0.4, 0.5) is 5.82 Å². The number of hydrogen-bond acceptors (Lipinski definition) is 13. The first-order valence-electron chi connectivity index (χ1n) is 9.35. The summed E-state index contributed by atoms with van der Waals surface area (Å²) in [6, 6.07) is 0. The van der Waals surface area contributed by atoms with Crippen LogP contribution in [0, 0.1) is 0 Å². The van der Waals surface area contributed by atoms with E-state index in [1.54, 1.807) is 0 Å². The maximum atomic E-state index is 11.8. The second-order valence-corrected chi connectivity index (χ2v) is 8.36. The fraction of sp³-hybridized carbons (Fsp3) is 0.500. The van der Waals surface area contributed by atoms with Crippen molar-refractivity contribution in [3.05, 3.63) is 28.3 Å². The van der Waals surface area contributed by atoms with Crippen LogP contribution in [0.5, 0.6) is 0 Å². The highest BCUT2D eigenvalue weighted by molar-refractivity contribution is 7.86. The first kappa shape index (κ1) is 26.0. The van der Waals surface area contributed by atoms with E-state index in [0.29, 0.717) is 0 Å². The molecule has 15 heteroatoms. The molecule has 4 atom stereocenters. The first-order chi connectivity index (χ1) is 15.4. The van der Waals surface area contributed by atoms with Gasteiger partial charge in [0.05, 0.1) is 13.4 Å². The van der Waals surface area contributed by atoms with Gasteiger partial charge in [-0.2, -0.15) is 8.42 Å². The number of carbonyl (C=O) groups is 3. The van der Waals surface area contributed by atoms with Crippen LogP contribution >= 0.6 is 0 Å². The Hall–Kier alpha value is -3.30. The molecule has 1 aromatic rings. The van der Waals surface area contributed by atoms with Crippen molar-refractivity contribution >= 4 is 39.9 Å². The lowest BCUT2D eigenvalue weighted by molar-refractivity contribution is -0.151.